The van der Waals surface area contributed by atoms with Gasteiger partial charge in [-0.1, -0.05) is 18.2 Å². The van der Waals surface area contributed by atoms with E-state index in [4.69, 9.17) is 9.47 Å². The summed E-state index contributed by atoms with van der Waals surface area (Å²) in [5, 5.41) is 3.28. The summed E-state index contributed by atoms with van der Waals surface area (Å²) in [5.74, 6) is 1.47. The molecule has 0 saturated carbocycles. The molecule has 3 nitrogen and oxygen atoms in total. The Morgan fingerprint density at radius 3 is 2.53 bits per heavy atom. The number of ether oxygens (including phenoxy) is 2. The minimum atomic E-state index is 0.728. The predicted octanol–water partition coefficient (Wildman–Crippen LogP) is 3.71. The first-order valence-corrected chi connectivity index (χ1v) is 6.15. The SMILES string of the molecule is COc1ccc2ncc3c(C)cccc3c2c1OC. The molecule has 0 N–H and O–H groups in total. The van der Waals surface area contributed by atoms with E-state index in [0.717, 1.165) is 33.2 Å². The fourth-order valence-corrected chi connectivity index (χ4v) is 2.49. The molecular weight excluding hydrogens is 238 g/mol. The van der Waals surface area contributed by atoms with Crippen molar-refractivity contribution in [2.75, 3.05) is 14.2 Å². The van der Waals surface area contributed by atoms with Crippen molar-refractivity contribution in [3.05, 3.63) is 42.1 Å². The minimum absolute atomic E-state index is 0.728. The highest BCUT2D eigenvalue weighted by Crippen LogP contribution is 2.39. The second kappa shape index (κ2) is 4.43. The number of aromatic nitrogens is 1. The zero-order valence-corrected chi connectivity index (χ0v) is 11.2. The quantitative estimate of drug-likeness (QED) is 0.652. The maximum absolute atomic E-state index is 5.53. The molecule has 1 aromatic heterocycles. The Morgan fingerprint density at radius 1 is 0.947 bits per heavy atom. The van der Waals surface area contributed by atoms with Crippen LogP contribution in [0.5, 0.6) is 11.5 Å². The molecule has 0 aliphatic heterocycles. The van der Waals surface area contributed by atoms with Crippen LogP contribution < -0.4 is 9.47 Å². The van der Waals surface area contributed by atoms with Gasteiger partial charge in [0, 0.05) is 11.6 Å². The third kappa shape index (κ3) is 1.70. The summed E-state index contributed by atoms with van der Waals surface area (Å²) >= 11 is 0. The average molecular weight is 253 g/mol. The van der Waals surface area contributed by atoms with E-state index in [1.54, 1.807) is 14.2 Å². The Morgan fingerprint density at radius 2 is 1.79 bits per heavy atom. The first-order valence-electron chi connectivity index (χ1n) is 6.15. The second-order valence-electron chi connectivity index (χ2n) is 4.49. The number of hydrogen-bond acceptors (Lipinski definition) is 3. The molecule has 1 heterocycles. The molecule has 0 aliphatic rings. The van der Waals surface area contributed by atoms with Crippen molar-refractivity contribution in [3.63, 3.8) is 0 Å². The van der Waals surface area contributed by atoms with Crippen LogP contribution in [0, 0.1) is 6.92 Å². The Bertz CT molecular complexity index is 765. The van der Waals surface area contributed by atoms with Crippen LogP contribution in [-0.2, 0) is 0 Å². The number of hydrogen-bond donors (Lipinski definition) is 0. The predicted molar refractivity (Wildman–Crippen MR) is 77.1 cm³/mol. The van der Waals surface area contributed by atoms with E-state index in [1.807, 2.05) is 18.3 Å². The van der Waals surface area contributed by atoms with Gasteiger partial charge in [0.25, 0.3) is 0 Å². The van der Waals surface area contributed by atoms with Gasteiger partial charge in [-0.25, -0.2) is 0 Å². The van der Waals surface area contributed by atoms with Gasteiger partial charge in [-0.3, -0.25) is 4.98 Å². The smallest absolute Gasteiger partial charge is 0.170 e. The summed E-state index contributed by atoms with van der Waals surface area (Å²) in [6, 6.07) is 10.1. The van der Waals surface area contributed by atoms with Crippen LogP contribution in [0.15, 0.2) is 36.5 Å². The van der Waals surface area contributed by atoms with Gasteiger partial charge in [0.05, 0.1) is 25.1 Å². The molecular formula is C16H15NO2. The summed E-state index contributed by atoms with van der Waals surface area (Å²) in [4.78, 5) is 4.52. The van der Waals surface area contributed by atoms with Crippen molar-refractivity contribution in [2.45, 2.75) is 6.92 Å². The summed E-state index contributed by atoms with van der Waals surface area (Å²) < 4.78 is 10.9. The van der Waals surface area contributed by atoms with E-state index in [-0.39, 0.29) is 0 Å². The molecule has 0 saturated heterocycles. The van der Waals surface area contributed by atoms with E-state index in [2.05, 4.69) is 30.1 Å². The van der Waals surface area contributed by atoms with Crippen molar-refractivity contribution in [1.82, 2.24) is 4.98 Å². The highest BCUT2D eigenvalue weighted by atomic mass is 16.5. The first-order chi connectivity index (χ1) is 9.26. The number of methoxy groups -OCH3 is 2. The van der Waals surface area contributed by atoms with Crippen LogP contribution in [0.3, 0.4) is 0 Å². The van der Waals surface area contributed by atoms with Gasteiger partial charge in [0.1, 0.15) is 0 Å². The van der Waals surface area contributed by atoms with Crippen molar-refractivity contribution in [1.29, 1.82) is 0 Å². The Balaban J connectivity index is 2.55. The molecule has 3 aromatic rings. The fraction of sp³-hybridized carbons (Fsp3) is 0.188. The number of nitrogens with zero attached hydrogens (tertiary/aromatic N) is 1. The molecule has 0 bridgehead atoms. The molecule has 0 fully saturated rings. The Labute approximate surface area is 111 Å². The second-order valence-corrected chi connectivity index (χ2v) is 4.49. The number of fused-ring (bicyclic) bond motifs is 3. The van der Waals surface area contributed by atoms with Crippen LogP contribution in [0.4, 0.5) is 0 Å². The van der Waals surface area contributed by atoms with Gasteiger partial charge in [-0.05, 0) is 30.0 Å². The van der Waals surface area contributed by atoms with Crippen LogP contribution >= 0.6 is 0 Å². The maximum Gasteiger partial charge on any atom is 0.170 e. The van der Waals surface area contributed by atoms with Crippen LogP contribution in [0.25, 0.3) is 21.7 Å². The van der Waals surface area contributed by atoms with Gasteiger partial charge in [-0.2, -0.15) is 0 Å². The molecule has 3 heteroatoms. The minimum Gasteiger partial charge on any atom is -0.493 e. The van der Waals surface area contributed by atoms with Gasteiger partial charge in [-0.15, -0.1) is 0 Å². The van der Waals surface area contributed by atoms with E-state index in [1.165, 1.54) is 5.56 Å². The zero-order valence-electron chi connectivity index (χ0n) is 11.2. The molecule has 96 valence electrons. The lowest BCUT2D eigenvalue weighted by molar-refractivity contribution is 0.358. The topological polar surface area (TPSA) is 31.4 Å². The first kappa shape index (κ1) is 11.8. The lowest BCUT2D eigenvalue weighted by Gasteiger charge is -2.12. The highest BCUT2D eigenvalue weighted by Gasteiger charge is 2.13. The highest BCUT2D eigenvalue weighted by molar-refractivity contribution is 6.10. The molecule has 2 aromatic carbocycles. The molecule has 0 unspecified atom stereocenters. The molecule has 0 amide bonds. The van der Waals surface area contributed by atoms with Crippen LogP contribution in [0.1, 0.15) is 5.56 Å². The van der Waals surface area contributed by atoms with E-state index >= 15 is 0 Å². The fourth-order valence-electron chi connectivity index (χ4n) is 2.49. The van der Waals surface area contributed by atoms with Gasteiger partial charge in [0.15, 0.2) is 11.5 Å². The number of rotatable bonds is 2. The summed E-state index contributed by atoms with van der Waals surface area (Å²) in [5.41, 5.74) is 2.12. The molecule has 0 spiro atoms. The molecule has 0 atom stereocenters. The Hall–Kier alpha value is -2.29. The summed E-state index contributed by atoms with van der Waals surface area (Å²) in [6.45, 7) is 2.09. The van der Waals surface area contributed by atoms with E-state index in [9.17, 15) is 0 Å². The molecule has 19 heavy (non-hydrogen) atoms. The summed E-state index contributed by atoms with van der Waals surface area (Å²) in [6.07, 6.45) is 1.92. The van der Waals surface area contributed by atoms with Crippen LogP contribution in [-0.4, -0.2) is 19.2 Å². The van der Waals surface area contributed by atoms with E-state index in [0.29, 0.717) is 0 Å². The average Bonchev–Trinajstić information content (AvgIpc) is 2.45. The number of aryl methyl sites for hydroxylation is 1. The largest absolute Gasteiger partial charge is 0.493 e. The Kier molecular flexibility index (Phi) is 2.75. The molecule has 0 radical (unpaired) electrons. The monoisotopic (exact) mass is 253 g/mol. The van der Waals surface area contributed by atoms with Gasteiger partial charge >= 0.3 is 0 Å². The normalized spacial score (nSPS) is 10.9. The molecule has 3 rings (SSSR count). The van der Waals surface area contributed by atoms with Crippen molar-refractivity contribution in [3.8, 4) is 11.5 Å². The lowest BCUT2D eigenvalue weighted by atomic mass is 10.0. The molecule has 0 aliphatic carbocycles. The van der Waals surface area contributed by atoms with Crippen LogP contribution in [0.2, 0.25) is 0 Å². The van der Waals surface area contributed by atoms with Crippen molar-refractivity contribution < 1.29 is 9.47 Å². The zero-order chi connectivity index (χ0) is 13.4. The van der Waals surface area contributed by atoms with Gasteiger partial charge in [0.2, 0.25) is 0 Å². The number of benzene rings is 2. The standard InChI is InChI=1S/C16H15NO2/c1-10-5-4-6-11-12(10)9-17-13-7-8-14(18-2)16(19-3)15(11)13/h4-9H,1-3H3. The number of pyridine rings is 1. The third-order valence-electron chi connectivity index (χ3n) is 3.45. The lowest BCUT2D eigenvalue weighted by Crippen LogP contribution is -1.93. The van der Waals surface area contributed by atoms with Crippen molar-refractivity contribution >= 4 is 21.7 Å². The van der Waals surface area contributed by atoms with Crippen molar-refractivity contribution in [2.24, 2.45) is 0 Å². The van der Waals surface area contributed by atoms with E-state index < -0.39 is 0 Å². The van der Waals surface area contributed by atoms with Gasteiger partial charge < -0.3 is 9.47 Å². The summed E-state index contributed by atoms with van der Waals surface area (Å²) in [7, 11) is 3.30. The third-order valence-corrected chi connectivity index (χ3v) is 3.45. The maximum atomic E-state index is 5.53.